The van der Waals surface area contributed by atoms with Gasteiger partial charge in [0.1, 0.15) is 0 Å². The Morgan fingerprint density at radius 1 is 1.21 bits per heavy atom. The van der Waals surface area contributed by atoms with Crippen molar-refractivity contribution in [2.75, 3.05) is 5.73 Å². The Kier molecular flexibility index (Phi) is 4.94. The fraction of sp³-hybridized carbons (Fsp3) is 0.250. The van der Waals surface area contributed by atoms with Gasteiger partial charge in [0.05, 0.1) is 6.20 Å². The normalized spacial score (nSPS) is 11.1. The number of rotatable bonds is 6. The molecule has 4 rings (SSSR count). The molecule has 0 spiro atoms. The van der Waals surface area contributed by atoms with Crippen LogP contribution in [0.3, 0.4) is 0 Å². The number of nitrogens with two attached hydrogens (primary N) is 1. The molecule has 0 aliphatic carbocycles. The van der Waals surface area contributed by atoms with Crippen LogP contribution in [0.2, 0.25) is 0 Å². The van der Waals surface area contributed by atoms with Gasteiger partial charge in [-0.2, -0.15) is 9.50 Å². The Balaban J connectivity index is 1.36. The van der Waals surface area contributed by atoms with Gasteiger partial charge in [-0.05, 0) is 25.8 Å². The maximum atomic E-state index is 12.2. The summed E-state index contributed by atoms with van der Waals surface area (Å²) in [5.74, 6) is 1.25. The summed E-state index contributed by atoms with van der Waals surface area (Å²) in [5, 5.41) is 4.13. The molecule has 4 aromatic rings. The van der Waals surface area contributed by atoms with E-state index in [2.05, 4.69) is 20.1 Å². The Morgan fingerprint density at radius 2 is 2.00 bits per heavy atom. The molecule has 0 fully saturated rings. The Bertz CT molecular complexity index is 1170. The summed E-state index contributed by atoms with van der Waals surface area (Å²) < 4.78 is 12.5. The summed E-state index contributed by atoms with van der Waals surface area (Å²) in [7, 11) is 0. The lowest BCUT2D eigenvalue weighted by molar-refractivity contribution is -0.145. The number of hydrogen-bond acceptors (Lipinski definition) is 8. The number of ether oxygens (including phenoxy) is 1. The second kappa shape index (κ2) is 7.70. The van der Waals surface area contributed by atoms with E-state index in [0.29, 0.717) is 23.8 Å². The minimum Gasteiger partial charge on any atom is -0.456 e. The van der Waals surface area contributed by atoms with Crippen molar-refractivity contribution in [3.8, 4) is 11.3 Å². The minimum absolute atomic E-state index is 0.0134. The van der Waals surface area contributed by atoms with Crippen molar-refractivity contribution < 1.29 is 13.9 Å². The summed E-state index contributed by atoms with van der Waals surface area (Å²) in [6.07, 6.45) is 2.29. The van der Waals surface area contributed by atoms with Crippen molar-refractivity contribution in [3.63, 3.8) is 0 Å². The maximum Gasteiger partial charge on any atom is 0.306 e. The van der Waals surface area contributed by atoms with Gasteiger partial charge in [-0.15, -0.1) is 5.10 Å². The van der Waals surface area contributed by atoms with Crippen LogP contribution in [0.5, 0.6) is 0 Å². The van der Waals surface area contributed by atoms with Crippen molar-refractivity contribution >= 4 is 17.7 Å². The van der Waals surface area contributed by atoms with E-state index >= 15 is 0 Å². The number of fused-ring (bicyclic) bond motifs is 1. The zero-order valence-corrected chi connectivity index (χ0v) is 16.1. The van der Waals surface area contributed by atoms with E-state index in [1.807, 2.05) is 44.2 Å². The Labute approximate surface area is 166 Å². The van der Waals surface area contributed by atoms with Crippen LogP contribution in [-0.2, 0) is 22.6 Å². The second-order valence-electron chi connectivity index (χ2n) is 6.59. The van der Waals surface area contributed by atoms with E-state index in [1.54, 1.807) is 10.7 Å². The van der Waals surface area contributed by atoms with Crippen LogP contribution in [0.25, 0.3) is 17.1 Å². The van der Waals surface area contributed by atoms with E-state index in [1.165, 1.54) is 0 Å². The molecule has 0 aliphatic rings. The highest BCUT2D eigenvalue weighted by Crippen LogP contribution is 2.20. The summed E-state index contributed by atoms with van der Waals surface area (Å²) in [5.41, 5.74) is 9.12. The SMILES string of the molecule is Cc1nc2nc(N)nn2c(C)c1CCC(=O)OCc1ncc(-c2ccccc2)o1. The van der Waals surface area contributed by atoms with Crippen molar-refractivity contribution in [3.05, 3.63) is 59.4 Å². The summed E-state index contributed by atoms with van der Waals surface area (Å²) in [6.45, 7) is 3.76. The lowest BCUT2D eigenvalue weighted by Crippen LogP contribution is -2.10. The molecule has 9 heteroatoms. The Hall–Kier alpha value is -3.75. The number of aryl methyl sites for hydroxylation is 2. The lowest BCUT2D eigenvalue weighted by Gasteiger charge is -2.09. The van der Waals surface area contributed by atoms with Crippen molar-refractivity contribution in [2.45, 2.75) is 33.3 Å². The van der Waals surface area contributed by atoms with Gasteiger partial charge in [0.15, 0.2) is 12.4 Å². The molecule has 0 bridgehead atoms. The number of nitrogen functional groups attached to an aromatic ring is 1. The maximum absolute atomic E-state index is 12.2. The van der Waals surface area contributed by atoms with Crippen LogP contribution in [0, 0.1) is 13.8 Å². The molecule has 1 aromatic carbocycles. The van der Waals surface area contributed by atoms with Crippen molar-refractivity contribution in [1.29, 1.82) is 0 Å². The highest BCUT2D eigenvalue weighted by atomic mass is 16.5. The highest BCUT2D eigenvalue weighted by Gasteiger charge is 2.15. The molecule has 9 nitrogen and oxygen atoms in total. The second-order valence-corrected chi connectivity index (χ2v) is 6.59. The van der Waals surface area contributed by atoms with Gasteiger partial charge >= 0.3 is 5.97 Å². The molecule has 2 N–H and O–H groups in total. The van der Waals surface area contributed by atoms with E-state index in [0.717, 1.165) is 22.5 Å². The molecular weight excluding hydrogens is 372 g/mol. The number of carbonyl (C=O) groups excluding carboxylic acids is 1. The third-order valence-electron chi connectivity index (χ3n) is 4.61. The molecule has 0 saturated heterocycles. The predicted octanol–water partition coefficient (Wildman–Crippen LogP) is 2.65. The average Bonchev–Trinajstić information content (AvgIpc) is 3.33. The summed E-state index contributed by atoms with van der Waals surface area (Å²) in [4.78, 5) is 24.8. The van der Waals surface area contributed by atoms with Gasteiger partial charge in [0, 0.05) is 23.4 Å². The van der Waals surface area contributed by atoms with Gasteiger partial charge < -0.3 is 14.9 Å². The topological polar surface area (TPSA) is 121 Å². The Morgan fingerprint density at radius 3 is 2.79 bits per heavy atom. The largest absolute Gasteiger partial charge is 0.456 e. The number of esters is 1. The van der Waals surface area contributed by atoms with E-state index in [4.69, 9.17) is 14.9 Å². The average molecular weight is 392 g/mol. The molecule has 0 atom stereocenters. The van der Waals surface area contributed by atoms with Crippen LogP contribution in [0.4, 0.5) is 5.95 Å². The predicted molar refractivity (Wildman–Crippen MR) is 105 cm³/mol. The van der Waals surface area contributed by atoms with Crippen LogP contribution < -0.4 is 5.73 Å². The molecule has 148 valence electrons. The highest BCUT2D eigenvalue weighted by molar-refractivity contribution is 5.69. The fourth-order valence-corrected chi connectivity index (χ4v) is 3.14. The first-order chi connectivity index (χ1) is 14.0. The number of hydrogen-bond donors (Lipinski definition) is 1. The number of benzene rings is 1. The number of nitrogens with zero attached hydrogens (tertiary/aromatic N) is 5. The molecule has 0 unspecified atom stereocenters. The van der Waals surface area contributed by atoms with Gasteiger partial charge in [-0.3, -0.25) is 4.79 Å². The molecule has 3 heterocycles. The van der Waals surface area contributed by atoms with Crippen LogP contribution >= 0.6 is 0 Å². The van der Waals surface area contributed by atoms with Crippen molar-refractivity contribution in [1.82, 2.24) is 24.6 Å². The molecule has 0 amide bonds. The number of carbonyl (C=O) groups is 1. The smallest absolute Gasteiger partial charge is 0.306 e. The van der Waals surface area contributed by atoms with Gasteiger partial charge in [0.2, 0.25) is 11.8 Å². The number of anilines is 1. The first kappa shape index (κ1) is 18.6. The fourth-order valence-electron chi connectivity index (χ4n) is 3.14. The molecular formula is C20H20N6O3. The molecule has 3 aromatic heterocycles. The van der Waals surface area contributed by atoms with Crippen LogP contribution in [0.15, 0.2) is 40.9 Å². The van der Waals surface area contributed by atoms with E-state index < -0.39 is 0 Å². The zero-order chi connectivity index (χ0) is 20.4. The van der Waals surface area contributed by atoms with Crippen LogP contribution in [0.1, 0.15) is 29.3 Å². The number of oxazole rings is 1. The third-order valence-corrected chi connectivity index (χ3v) is 4.61. The standard InChI is InChI=1S/C20H20N6O3/c1-12-15(13(2)26-20(23-12)24-19(21)25-26)8-9-18(27)28-11-17-22-10-16(29-17)14-6-4-3-5-7-14/h3-7,10H,8-9,11H2,1-2H3,(H2,21,25). The van der Waals surface area contributed by atoms with Gasteiger partial charge in [-0.1, -0.05) is 30.3 Å². The molecule has 0 aliphatic heterocycles. The minimum atomic E-state index is -0.346. The quantitative estimate of drug-likeness (QED) is 0.497. The van der Waals surface area contributed by atoms with Crippen LogP contribution in [-0.4, -0.2) is 30.5 Å². The summed E-state index contributed by atoms with van der Waals surface area (Å²) in [6, 6.07) is 9.61. The van der Waals surface area contributed by atoms with E-state index in [9.17, 15) is 4.79 Å². The van der Waals surface area contributed by atoms with E-state index in [-0.39, 0.29) is 24.9 Å². The van der Waals surface area contributed by atoms with Gasteiger partial charge in [-0.25, -0.2) is 9.97 Å². The molecule has 29 heavy (non-hydrogen) atoms. The summed E-state index contributed by atoms with van der Waals surface area (Å²) >= 11 is 0. The van der Waals surface area contributed by atoms with Crippen molar-refractivity contribution in [2.24, 2.45) is 0 Å². The van der Waals surface area contributed by atoms with Gasteiger partial charge in [0.25, 0.3) is 5.78 Å². The number of aromatic nitrogens is 5. The molecule has 0 radical (unpaired) electrons. The molecule has 0 saturated carbocycles. The first-order valence-electron chi connectivity index (χ1n) is 9.15. The third kappa shape index (κ3) is 3.93. The lowest BCUT2D eigenvalue weighted by atomic mass is 10.1. The monoisotopic (exact) mass is 392 g/mol. The zero-order valence-electron chi connectivity index (χ0n) is 16.1. The first-order valence-corrected chi connectivity index (χ1v) is 9.15.